The molecule has 0 saturated heterocycles. The molecule has 292 valence electrons. The van der Waals surface area contributed by atoms with Gasteiger partial charge in [-0.1, -0.05) is 23.9 Å². The monoisotopic (exact) mass is 796 g/mol. The number of carbonyl (C=O) groups is 1. The van der Waals surface area contributed by atoms with Crippen molar-refractivity contribution in [3.05, 3.63) is 205 Å². The van der Waals surface area contributed by atoms with Crippen LogP contribution in [-0.2, 0) is 0 Å². The molecule has 8 rings (SSSR count). The maximum atomic E-state index is 12.8. The minimum absolute atomic E-state index is 0.0759. The van der Waals surface area contributed by atoms with Gasteiger partial charge >= 0.3 is 0 Å². The summed E-state index contributed by atoms with van der Waals surface area (Å²) in [6.45, 7) is 0. The van der Waals surface area contributed by atoms with Gasteiger partial charge in [-0.3, -0.25) is 4.79 Å². The van der Waals surface area contributed by atoms with Crippen LogP contribution < -0.4 is 41.9 Å². The molecular weight excluding hydrogens is 757 g/mol. The molecule has 0 amide bonds. The Balaban J connectivity index is 0.000000179. The lowest BCUT2D eigenvalue weighted by Gasteiger charge is -2.09. The zero-order chi connectivity index (χ0) is 41.0. The Morgan fingerprint density at radius 1 is 0.322 bits per heavy atom. The quantitative estimate of drug-likeness (QED) is 0.0692. The molecule has 0 heterocycles. The number of rotatable bonds is 12. The lowest BCUT2D eigenvalue weighted by atomic mass is 10.0. The van der Waals surface area contributed by atoms with Crippen LogP contribution in [0.2, 0.25) is 0 Å². The number of ether oxygens (including phenoxy) is 4. The predicted molar refractivity (Wildman–Crippen MR) is 237 cm³/mol. The third-order valence-electron chi connectivity index (χ3n) is 8.54. The third-order valence-corrected chi connectivity index (χ3v) is 9.55. The predicted octanol–water partition coefficient (Wildman–Crippen LogP) is 12.3. The highest BCUT2D eigenvalue weighted by molar-refractivity contribution is 7.99. The summed E-state index contributed by atoms with van der Waals surface area (Å²) in [5.41, 5.74) is 26.8. The van der Waals surface area contributed by atoms with Crippen molar-refractivity contribution in [1.82, 2.24) is 0 Å². The molecule has 0 fully saturated rings. The molecule has 0 unspecified atom stereocenters. The second kappa shape index (κ2) is 18.9. The van der Waals surface area contributed by atoms with E-state index in [2.05, 4.69) is 0 Å². The van der Waals surface area contributed by atoms with Gasteiger partial charge in [-0.2, -0.15) is 0 Å². The first kappa shape index (κ1) is 39.4. The zero-order valence-corrected chi connectivity index (χ0v) is 32.6. The van der Waals surface area contributed by atoms with Crippen molar-refractivity contribution in [3.63, 3.8) is 0 Å². The third kappa shape index (κ3) is 11.6. The van der Waals surface area contributed by atoms with Gasteiger partial charge < -0.3 is 41.9 Å². The number of nitrogens with two attached hydrogens (primary N) is 4. The number of anilines is 4. The lowest BCUT2D eigenvalue weighted by Crippen LogP contribution is -2.01. The van der Waals surface area contributed by atoms with E-state index in [1.165, 1.54) is 0 Å². The summed E-state index contributed by atoms with van der Waals surface area (Å²) in [5.74, 6) is 5.55. The van der Waals surface area contributed by atoms with Crippen LogP contribution in [0.15, 0.2) is 204 Å². The highest BCUT2D eigenvalue weighted by Crippen LogP contribution is 2.33. The summed E-state index contributed by atoms with van der Waals surface area (Å²) >= 11 is 1.67. The van der Waals surface area contributed by atoms with Crippen molar-refractivity contribution < 1.29 is 23.7 Å². The van der Waals surface area contributed by atoms with Crippen LogP contribution in [-0.4, -0.2) is 5.78 Å². The van der Waals surface area contributed by atoms with Crippen LogP contribution in [0.4, 0.5) is 22.7 Å². The van der Waals surface area contributed by atoms with E-state index in [9.17, 15) is 4.79 Å². The highest BCUT2D eigenvalue weighted by Gasteiger charge is 2.10. The second-order valence-corrected chi connectivity index (χ2v) is 14.3. The summed E-state index contributed by atoms with van der Waals surface area (Å²) < 4.78 is 23.2. The van der Waals surface area contributed by atoms with Gasteiger partial charge in [0.1, 0.15) is 46.0 Å². The van der Waals surface area contributed by atoms with Crippen molar-refractivity contribution in [2.45, 2.75) is 9.79 Å². The number of hydrogen-bond donors (Lipinski definition) is 4. The first-order chi connectivity index (χ1) is 28.7. The van der Waals surface area contributed by atoms with E-state index < -0.39 is 0 Å². The molecule has 0 aliphatic rings. The summed E-state index contributed by atoms with van der Waals surface area (Å²) in [4.78, 5) is 15.0. The fourth-order valence-electron chi connectivity index (χ4n) is 5.58. The van der Waals surface area contributed by atoms with E-state index in [1.807, 2.05) is 84.9 Å². The molecule has 8 aromatic carbocycles. The smallest absolute Gasteiger partial charge is 0.193 e. The molecule has 9 nitrogen and oxygen atoms in total. The Morgan fingerprint density at radius 2 is 0.610 bits per heavy atom. The van der Waals surface area contributed by atoms with Gasteiger partial charge in [0.15, 0.2) is 5.78 Å². The summed E-state index contributed by atoms with van der Waals surface area (Å²) in [6.07, 6.45) is 0. The van der Waals surface area contributed by atoms with Crippen molar-refractivity contribution in [2.24, 2.45) is 0 Å². The van der Waals surface area contributed by atoms with Gasteiger partial charge in [-0.05, 0) is 170 Å². The Hall–Kier alpha value is -7.82. The second-order valence-electron chi connectivity index (χ2n) is 13.1. The lowest BCUT2D eigenvalue weighted by molar-refractivity contribution is 0.103. The van der Waals surface area contributed by atoms with Gasteiger partial charge in [-0.25, -0.2) is 0 Å². The normalized spacial score (nSPS) is 10.4. The maximum Gasteiger partial charge on any atom is 0.193 e. The molecule has 0 aromatic heterocycles. The minimum atomic E-state index is -0.0759. The summed E-state index contributed by atoms with van der Waals surface area (Å²) in [7, 11) is 0. The van der Waals surface area contributed by atoms with Gasteiger partial charge in [0.05, 0.1) is 0 Å². The maximum absolute atomic E-state index is 12.8. The van der Waals surface area contributed by atoms with Crippen molar-refractivity contribution in [1.29, 1.82) is 0 Å². The van der Waals surface area contributed by atoms with Crippen LogP contribution >= 0.6 is 11.8 Å². The van der Waals surface area contributed by atoms with Crippen LogP contribution in [0.3, 0.4) is 0 Å². The molecule has 0 saturated carbocycles. The standard InChI is InChI=1S/C25H20N2O3.C24H20N2O2S/c26-19-5-13-23(14-6-19)29-21-9-1-17(2-10-21)25(28)18-3-11-22(12-4-18)30-24-15-7-20(27)8-16-24;25-17-3-1-5-21(15-17)27-19-7-11-23(12-8-19)29-24-13-9-20(10-14-24)28-22-6-2-4-18(26)16-22/h1-16H,26-27H2;1-16H,25-26H2. The van der Waals surface area contributed by atoms with Crippen LogP contribution in [0.5, 0.6) is 46.0 Å². The number of carbonyl (C=O) groups excluding carboxylic acids is 1. The zero-order valence-electron chi connectivity index (χ0n) is 31.7. The minimum Gasteiger partial charge on any atom is -0.457 e. The first-order valence-corrected chi connectivity index (χ1v) is 19.3. The van der Waals surface area contributed by atoms with Crippen molar-refractivity contribution in [3.8, 4) is 46.0 Å². The average Bonchev–Trinajstić information content (AvgIpc) is 3.25. The molecule has 0 spiro atoms. The van der Waals surface area contributed by atoms with Crippen LogP contribution in [0, 0.1) is 0 Å². The molecule has 10 heteroatoms. The van der Waals surface area contributed by atoms with Gasteiger partial charge in [0, 0.05) is 55.8 Å². The van der Waals surface area contributed by atoms with E-state index >= 15 is 0 Å². The topological polar surface area (TPSA) is 158 Å². The number of hydrogen-bond acceptors (Lipinski definition) is 10. The van der Waals surface area contributed by atoms with E-state index in [0.717, 1.165) is 32.8 Å². The molecule has 0 atom stereocenters. The Labute approximate surface area is 346 Å². The molecule has 8 aromatic rings. The summed E-state index contributed by atoms with van der Waals surface area (Å²) in [6, 6.07) is 59.0. The summed E-state index contributed by atoms with van der Waals surface area (Å²) in [5, 5.41) is 0. The van der Waals surface area contributed by atoms with E-state index in [4.69, 9.17) is 41.9 Å². The SMILES string of the molecule is Nc1ccc(Oc2ccc(C(=O)c3ccc(Oc4ccc(N)cc4)cc3)cc2)cc1.Nc1cccc(Oc2ccc(Sc3ccc(Oc4cccc(N)c4)cc3)cc2)c1. The van der Waals surface area contributed by atoms with Gasteiger partial charge in [0.25, 0.3) is 0 Å². The molecular formula is C49H40N4O5S. The van der Waals surface area contributed by atoms with E-state index in [0.29, 0.717) is 56.9 Å². The van der Waals surface area contributed by atoms with Gasteiger partial charge in [-0.15, -0.1) is 0 Å². The molecule has 59 heavy (non-hydrogen) atoms. The fourth-order valence-corrected chi connectivity index (χ4v) is 6.39. The molecule has 0 aliphatic carbocycles. The van der Waals surface area contributed by atoms with Crippen LogP contribution in [0.1, 0.15) is 15.9 Å². The number of benzene rings is 8. The van der Waals surface area contributed by atoms with E-state index in [-0.39, 0.29) is 5.78 Å². The van der Waals surface area contributed by atoms with Gasteiger partial charge in [0.2, 0.25) is 0 Å². The Morgan fingerprint density at radius 3 is 0.932 bits per heavy atom. The molecule has 0 bridgehead atoms. The Bertz CT molecular complexity index is 2420. The molecule has 0 radical (unpaired) electrons. The van der Waals surface area contributed by atoms with Crippen molar-refractivity contribution in [2.75, 3.05) is 22.9 Å². The van der Waals surface area contributed by atoms with Crippen molar-refractivity contribution >= 4 is 40.3 Å². The van der Waals surface area contributed by atoms with Crippen LogP contribution in [0.25, 0.3) is 0 Å². The first-order valence-electron chi connectivity index (χ1n) is 18.5. The average molecular weight is 797 g/mol. The van der Waals surface area contributed by atoms with E-state index in [1.54, 1.807) is 121 Å². The highest BCUT2D eigenvalue weighted by atomic mass is 32.2. The Kier molecular flexibility index (Phi) is 12.6. The molecule has 0 aliphatic heterocycles. The number of nitrogen functional groups attached to an aromatic ring is 4. The fraction of sp³-hybridized carbons (Fsp3) is 0. The molecule has 8 N–H and O–H groups in total. The largest absolute Gasteiger partial charge is 0.457 e. The number of ketones is 1.